The van der Waals surface area contributed by atoms with E-state index in [1.54, 1.807) is 30.9 Å². The zero-order valence-corrected chi connectivity index (χ0v) is 21.9. The van der Waals surface area contributed by atoms with Crippen LogP contribution in [-0.2, 0) is 11.0 Å². The van der Waals surface area contributed by atoms with Gasteiger partial charge >= 0.3 is 12.3 Å². The van der Waals surface area contributed by atoms with Gasteiger partial charge in [-0.3, -0.25) is 4.79 Å². The standard InChI is InChI=1S/C26H29F3N6O4/c1-14(17-9-18(26(27,28)29)11-19(30)10-17)31-24-20-12-23(22(38-4)13-21(20)32-15(2)33-24)39-25(37)35-7-5-34(6-8-35)16(3)36/h9-14H,5-8,30H2,1-4H3,(H,31,32,33). The maximum Gasteiger partial charge on any atom is 0.416 e. The first-order valence-corrected chi connectivity index (χ1v) is 12.2. The van der Waals surface area contributed by atoms with Crippen LogP contribution < -0.4 is 20.5 Å². The van der Waals surface area contributed by atoms with Crippen molar-refractivity contribution in [3.8, 4) is 11.5 Å². The molecule has 4 rings (SSSR count). The summed E-state index contributed by atoms with van der Waals surface area (Å²) < 4.78 is 51.1. The summed E-state index contributed by atoms with van der Waals surface area (Å²) in [5.41, 5.74) is 5.68. The van der Waals surface area contributed by atoms with Crippen molar-refractivity contribution in [3.63, 3.8) is 0 Å². The number of hydrogen-bond donors (Lipinski definition) is 2. The summed E-state index contributed by atoms with van der Waals surface area (Å²) in [4.78, 5) is 36.5. The number of carbonyl (C=O) groups excluding carboxylic acids is 2. The summed E-state index contributed by atoms with van der Waals surface area (Å²) in [7, 11) is 1.43. The molecule has 0 spiro atoms. The van der Waals surface area contributed by atoms with E-state index in [-0.39, 0.29) is 23.1 Å². The first-order valence-electron chi connectivity index (χ1n) is 12.2. The number of rotatable bonds is 5. The third-order valence-corrected chi connectivity index (χ3v) is 6.43. The van der Waals surface area contributed by atoms with Crippen molar-refractivity contribution in [2.45, 2.75) is 33.0 Å². The van der Waals surface area contributed by atoms with Gasteiger partial charge in [0, 0.05) is 50.2 Å². The summed E-state index contributed by atoms with van der Waals surface area (Å²) in [6.45, 7) is 6.28. The number of aryl methyl sites for hydroxylation is 1. The van der Waals surface area contributed by atoms with Gasteiger partial charge in [-0.1, -0.05) is 0 Å². The van der Waals surface area contributed by atoms with E-state index >= 15 is 0 Å². The number of amides is 2. The molecule has 2 amide bonds. The third-order valence-electron chi connectivity index (χ3n) is 6.43. The van der Waals surface area contributed by atoms with Gasteiger partial charge < -0.3 is 30.3 Å². The Morgan fingerprint density at radius 3 is 2.31 bits per heavy atom. The molecule has 1 aliphatic heterocycles. The van der Waals surface area contributed by atoms with Crippen LogP contribution in [0, 0.1) is 6.92 Å². The molecule has 1 unspecified atom stereocenters. The number of nitrogens with zero attached hydrogens (tertiary/aromatic N) is 4. The highest BCUT2D eigenvalue weighted by Crippen LogP contribution is 2.37. The minimum atomic E-state index is -4.55. The van der Waals surface area contributed by atoms with Crippen LogP contribution in [0.1, 0.15) is 36.8 Å². The fourth-order valence-electron chi connectivity index (χ4n) is 4.34. The average molecular weight is 547 g/mol. The van der Waals surface area contributed by atoms with E-state index in [0.29, 0.717) is 54.3 Å². The molecule has 1 fully saturated rings. The van der Waals surface area contributed by atoms with Crippen LogP contribution in [0.5, 0.6) is 11.5 Å². The number of methoxy groups -OCH3 is 1. The van der Waals surface area contributed by atoms with E-state index in [1.807, 2.05) is 0 Å². The minimum absolute atomic E-state index is 0.0136. The van der Waals surface area contributed by atoms with Crippen molar-refractivity contribution in [2.75, 3.05) is 44.3 Å². The fraction of sp³-hybridized carbons (Fsp3) is 0.385. The molecule has 0 bridgehead atoms. The molecule has 3 aromatic rings. The number of nitrogens with one attached hydrogen (secondary N) is 1. The third kappa shape index (κ3) is 6.24. The molecular formula is C26H29F3N6O4. The van der Waals surface area contributed by atoms with Gasteiger partial charge in [-0.05, 0) is 43.7 Å². The Balaban J connectivity index is 1.64. The second-order valence-corrected chi connectivity index (χ2v) is 9.25. The molecule has 10 nitrogen and oxygen atoms in total. The highest BCUT2D eigenvalue weighted by molar-refractivity contribution is 5.92. The minimum Gasteiger partial charge on any atom is -0.493 e. The van der Waals surface area contributed by atoms with E-state index < -0.39 is 23.9 Å². The highest BCUT2D eigenvalue weighted by Gasteiger charge is 2.31. The van der Waals surface area contributed by atoms with Gasteiger partial charge in [0.1, 0.15) is 11.6 Å². The number of aromatic nitrogens is 2. The lowest BCUT2D eigenvalue weighted by molar-refractivity contribution is -0.137. The summed E-state index contributed by atoms with van der Waals surface area (Å²) in [5.74, 6) is 1.07. The molecule has 2 heterocycles. The zero-order valence-electron chi connectivity index (χ0n) is 21.9. The molecule has 1 atom stereocenters. The van der Waals surface area contributed by atoms with Crippen LogP contribution in [0.15, 0.2) is 30.3 Å². The number of alkyl halides is 3. The Labute approximate surface area is 222 Å². The number of nitrogens with two attached hydrogens (primary N) is 1. The maximum absolute atomic E-state index is 13.3. The number of ether oxygens (including phenoxy) is 2. The molecule has 3 N–H and O–H groups in total. The normalized spacial score (nSPS) is 14.7. The monoisotopic (exact) mass is 546 g/mol. The largest absolute Gasteiger partial charge is 0.493 e. The zero-order chi connectivity index (χ0) is 28.5. The van der Waals surface area contributed by atoms with Crippen LogP contribution in [0.25, 0.3) is 10.9 Å². The lowest BCUT2D eigenvalue weighted by Crippen LogP contribution is -2.50. The number of hydrogen-bond acceptors (Lipinski definition) is 8. The predicted octanol–water partition coefficient (Wildman–Crippen LogP) is 4.38. The van der Waals surface area contributed by atoms with Crippen molar-refractivity contribution in [3.05, 3.63) is 47.3 Å². The first-order chi connectivity index (χ1) is 18.3. The fourth-order valence-corrected chi connectivity index (χ4v) is 4.34. The number of piperazine rings is 1. The van der Waals surface area contributed by atoms with Gasteiger partial charge in [0.15, 0.2) is 11.5 Å². The van der Waals surface area contributed by atoms with Crippen molar-refractivity contribution < 1.29 is 32.2 Å². The Morgan fingerprint density at radius 2 is 1.69 bits per heavy atom. The summed E-state index contributed by atoms with van der Waals surface area (Å²) >= 11 is 0. The quantitative estimate of drug-likeness (QED) is 0.452. The molecule has 208 valence electrons. The van der Waals surface area contributed by atoms with Crippen LogP contribution in [0.2, 0.25) is 0 Å². The Morgan fingerprint density at radius 1 is 1.03 bits per heavy atom. The molecule has 2 aromatic carbocycles. The van der Waals surface area contributed by atoms with Crippen LogP contribution in [0.4, 0.5) is 29.5 Å². The summed E-state index contributed by atoms with van der Waals surface area (Å²) in [6.07, 6.45) is -5.15. The molecule has 0 radical (unpaired) electrons. The van der Waals surface area contributed by atoms with Crippen molar-refractivity contribution in [1.29, 1.82) is 0 Å². The van der Waals surface area contributed by atoms with E-state index in [9.17, 15) is 22.8 Å². The van der Waals surface area contributed by atoms with E-state index in [1.165, 1.54) is 25.0 Å². The smallest absolute Gasteiger partial charge is 0.416 e. The average Bonchev–Trinajstić information content (AvgIpc) is 2.87. The van der Waals surface area contributed by atoms with Gasteiger partial charge in [0.25, 0.3) is 0 Å². The van der Waals surface area contributed by atoms with Gasteiger partial charge in [0.2, 0.25) is 5.91 Å². The molecular weight excluding hydrogens is 517 g/mol. The number of anilines is 2. The molecule has 39 heavy (non-hydrogen) atoms. The molecule has 1 aromatic heterocycles. The number of fused-ring (bicyclic) bond motifs is 1. The summed E-state index contributed by atoms with van der Waals surface area (Å²) in [5, 5.41) is 3.61. The Hall–Kier alpha value is -4.29. The second kappa shape index (κ2) is 10.8. The molecule has 1 saturated heterocycles. The maximum atomic E-state index is 13.3. The molecule has 0 saturated carbocycles. The SMILES string of the molecule is COc1cc2nc(C)nc(NC(C)c3cc(N)cc(C(F)(F)F)c3)c2cc1OC(=O)N1CCN(C(C)=O)CC1. The van der Waals surface area contributed by atoms with E-state index in [4.69, 9.17) is 15.2 Å². The van der Waals surface area contributed by atoms with Crippen molar-refractivity contribution in [2.24, 2.45) is 0 Å². The lowest BCUT2D eigenvalue weighted by atomic mass is 10.0. The van der Waals surface area contributed by atoms with Gasteiger partial charge in [-0.25, -0.2) is 14.8 Å². The van der Waals surface area contributed by atoms with Gasteiger partial charge in [-0.2, -0.15) is 13.2 Å². The van der Waals surface area contributed by atoms with Crippen molar-refractivity contribution in [1.82, 2.24) is 19.8 Å². The van der Waals surface area contributed by atoms with Gasteiger partial charge in [0.05, 0.1) is 24.2 Å². The van der Waals surface area contributed by atoms with Crippen molar-refractivity contribution >= 4 is 34.4 Å². The van der Waals surface area contributed by atoms with E-state index in [0.717, 1.165) is 12.1 Å². The predicted molar refractivity (Wildman–Crippen MR) is 139 cm³/mol. The second-order valence-electron chi connectivity index (χ2n) is 9.25. The highest BCUT2D eigenvalue weighted by atomic mass is 19.4. The molecule has 1 aliphatic rings. The van der Waals surface area contributed by atoms with Crippen LogP contribution in [0.3, 0.4) is 0 Å². The first kappa shape index (κ1) is 27.7. The van der Waals surface area contributed by atoms with Crippen LogP contribution >= 0.6 is 0 Å². The number of halogens is 3. The Kier molecular flexibility index (Phi) is 7.70. The Bertz CT molecular complexity index is 1410. The summed E-state index contributed by atoms with van der Waals surface area (Å²) in [6, 6.07) is 5.91. The topological polar surface area (TPSA) is 123 Å². The molecule has 13 heteroatoms. The lowest BCUT2D eigenvalue weighted by Gasteiger charge is -2.33. The molecule has 0 aliphatic carbocycles. The van der Waals surface area contributed by atoms with Crippen LogP contribution in [-0.4, -0.2) is 65.1 Å². The van der Waals surface area contributed by atoms with E-state index in [2.05, 4.69) is 15.3 Å². The number of nitrogen functional groups attached to an aromatic ring is 1. The number of benzene rings is 2. The number of carbonyl (C=O) groups is 2. The van der Waals surface area contributed by atoms with Gasteiger partial charge in [-0.15, -0.1) is 0 Å².